The molecule has 0 unspecified atom stereocenters. The van der Waals surface area contributed by atoms with E-state index in [9.17, 15) is 18.8 Å². The Kier molecular flexibility index (Phi) is 6.50. The zero-order valence-electron chi connectivity index (χ0n) is 19.4. The summed E-state index contributed by atoms with van der Waals surface area (Å²) < 4.78 is 16.0. The van der Waals surface area contributed by atoms with Crippen molar-refractivity contribution in [1.29, 1.82) is 5.26 Å². The Labute approximate surface area is 211 Å². The summed E-state index contributed by atoms with van der Waals surface area (Å²) in [5.74, 6) is -1.37. The molecule has 1 aromatic heterocycles. The minimum atomic E-state index is -0.692. The largest absolute Gasteiger partial charge is 0.349 e. The molecule has 9 heteroatoms. The summed E-state index contributed by atoms with van der Waals surface area (Å²) in [6.07, 6.45) is 6.08. The van der Waals surface area contributed by atoms with Crippen molar-refractivity contribution in [2.45, 2.75) is 56.7 Å². The first-order valence-electron chi connectivity index (χ1n) is 12.0. The van der Waals surface area contributed by atoms with E-state index in [0.29, 0.717) is 42.3 Å². The number of nitrogens with zero attached hydrogens (tertiary/aromatic N) is 2. The summed E-state index contributed by atoms with van der Waals surface area (Å²) in [6.45, 7) is 0. The van der Waals surface area contributed by atoms with Crippen molar-refractivity contribution < 1.29 is 14.0 Å². The van der Waals surface area contributed by atoms with E-state index < -0.39 is 17.2 Å². The van der Waals surface area contributed by atoms with Gasteiger partial charge in [0.15, 0.2) is 0 Å². The van der Waals surface area contributed by atoms with E-state index in [1.54, 1.807) is 30.5 Å². The van der Waals surface area contributed by atoms with Crippen molar-refractivity contribution in [3.63, 3.8) is 0 Å². The zero-order chi connectivity index (χ0) is 25.4. The predicted octanol–water partition coefficient (Wildman–Crippen LogP) is 4.47. The van der Waals surface area contributed by atoms with Crippen LogP contribution < -0.4 is 16.1 Å². The number of amides is 2. The van der Waals surface area contributed by atoms with E-state index in [-0.39, 0.29) is 40.0 Å². The molecule has 0 spiro atoms. The van der Waals surface area contributed by atoms with Gasteiger partial charge in [0.25, 0.3) is 11.8 Å². The van der Waals surface area contributed by atoms with Crippen LogP contribution >= 0.6 is 11.6 Å². The average molecular weight is 507 g/mol. The number of carbonyl (C=O) groups is 2. The lowest BCUT2D eigenvalue weighted by Gasteiger charge is -2.29. The SMILES string of the molecule is N#Cc1ccc(C(=O)N[C@H]2CC[C@H](NC(=O)c3cn(C4CC4)c4cc(Cl)c(F)cc4c3=O)CC2)cc1. The van der Waals surface area contributed by atoms with Gasteiger partial charge in [-0.05, 0) is 74.9 Å². The van der Waals surface area contributed by atoms with E-state index in [4.69, 9.17) is 16.9 Å². The molecule has 2 aliphatic carbocycles. The van der Waals surface area contributed by atoms with E-state index in [1.807, 2.05) is 10.6 Å². The van der Waals surface area contributed by atoms with E-state index >= 15 is 0 Å². The Hall–Kier alpha value is -3.70. The summed E-state index contributed by atoms with van der Waals surface area (Å²) in [5, 5.41) is 14.9. The number of hydrogen-bond donors (Lipinski definition) is 2. The summed E-state index contributed by atoms with van der Waals surface area (Å²) in [7, 11) is 0. The Bertz CT molecular complexity index is 1450. The normalized spacial score (nSPS) is 19.5. The highest BCUT2D eigenvalue weighted by molar-refractivity contribution is 6.31. The first-order valence-corrected chi connectivity index (χ1v) is 12.4. The fourth-order valence-corrected chi connectivity index (χ4v) is 4.93. The van der Waals surface area contributed by atoms with Gasteiger partial charge in [-0.25, -0.2) is 4.39 Å². The monoisotopic (exact) mass is 506 g/mol. The molecular weight excluding hydrogens is 483 g/mol. The maximum Gasteiger partial charge on any atom is 0.256 e. The minimum Gasteiger partial charge on any atom is -0.349 e. The molecule has 0 atom stereocenters. The number of hydrogen-bond acceptors (Lipinski definition) is 4. The van der Waals surface area contributed by atoms with Crippen LogP contribution in [-0.2, 0) is 0 Å². The van der Waals surface area contributed by atoms with Gasteiger partial charge in [-0.3, -0.25) is 14.4 Å². The Morgan fingerprint density at radius 1 is 0.972 bits per heavy atom. The number of fused-ring (bicyclic) bond motifs is 1. The van der Waals surface area contributed by atoms with Gasteiger partial charge in [0.1, 0.15) is 11.4 Å². The topological polar surface area (TPSA) is 104 Å². The van der Waals surface area contributed by atoms with Crippen molar-refractivity contribution in [3.05, 3.63) is 80.3 Å². The van der Waals surface area contributed by atoms with Crippen LogP contribution in [0.15, 0.2) is 47.4 Å². The number of carbonyl (C=O) groups excluding carboxylic acids is 2. The van der Waals surface area contributed by atoms with E-state index in [2.05, 4.69) is 10.6 Å². The lowest BCUT2D eigenvalue weighted by atomic mass is 9.90. The molecule has 2 amide bonds. The molecule has 184 valence electrons. The number of halogens is 2. The van der Waals surface area contributed by atoms with Gasteiger partial charge in [-0.2, -0.15) is 5.26 Å². The summed E-state index contributed by atoms with van der Waals surface area (Å²) in [6, 6.07) is 11.0. The van der Waals surface area contributed by atoms with Crippen molar-refractivity contribution >= 4 is 34.3 Å². The number of pyridine rings is 1. The molecule has 1 heterocycles. The second-order valence-corrected chi connectivity index (χ2v) is 9.89. The number of nitriles is 1. The predicted molar refractivity (Wildman–Crippen MR) is 134 cm³/mol. The number of nitrogens with one attached hydrogen (secondary N) is 2. The second kappa shape index (κ2) is 9.75. The fourth-order valence-electron chi connectivity index (χ4n) is 4.77. The summed E-state index contributed by atoms with van der Waals surface area (Å²) >= 11 is 5.95. The molecule has 3 aromatic rings. The van der Waals surface area contributed by atoms with E-state index in [0.717, 1.165) is 18.9 Å². The van der Waals surface area contributed by atoms with Gasteiger partial charge in [-0.15, -0.1) is 0 Å². The van der Waals surface area contributed by atoms with Crippen molar-refractivity contribution in [2.24, 2.45) is 0 Å². The molecule has 0 saturated heterocycles. The Morgan fingerprint density at radius 3 is 2.17 bits per heavy atom. The smallest absolute Gasteiger partial charge is 0.256 e. The molecule has 0 bridgehead atoms. The van der Waals surface area contributed by atoms with Crippen LogP contribution in [0, 0.1) is 17.1 Å². The molecule has 7 nitrogen and oxygen atoms in total. The molecule has 0 aliphatic heterocycles. The zero-order valence-corrected chi connectivity index (χ0v) is 20.1. The van der Waals surface area contributed by atoms with Crippen LogP contribution in [0.1, 0.15) is 70.8 Å². The molecule has 2 N–H and O–H groups in total. The van der Waals surface area contributed by atoms with Crippen LogP contribution in [0.5, 0.6) is 0 Å². The third-order valence-electron chi connectivity index (χ3n) is 6.93. The van der Waals surface area contributed by atoms with E-state index in [1.165, 1.54) is 6.07 Å². The molecule has 2 fully saturated rings. The molecule has 2 aliphatic rings. The van der Waals surface area contributed by atoms with Gasteiger partial charge in [0.2, 0.25) is 5.43 Å². The van der Waals surface area contributed by atoms with Crippen LogP contribution in [0.3, 0.4) is 0 Å². The van der Waals surface area contributed by atoms with Crippen molar-refractivity contribution in [3.8, 4) is 6.07 Å². The molecule has 2 saturated carbocycles. The van der Waals surface area contributed by atoms with Crippen molar-refractivity contribution in [1.82, 2.24) is 15.2 Å². The highest BCUT2D eigenvalue weighted by atomic mass is 35.5. The maximum absolute atomic E-state index is 14.1. The Morgan fingerprint density at radius 2 is 1.58 bits per heavy atom. The second-order valence-electron chi connectivity index (χ2n) is 9.48. The van der Waals surface area contributed by atoms with Gasteiger partial charge in [0.05, 0.1) is 22.2 Å². The first kappa shape index (κ1) is 24.0. The molecular formula is C27H24ClFN4O3. The Balaban J connectivity index is 1.25. The quantitative estimate of drug-likeness (QED) is 0.532. The molecule has 0 radical (unpaired) electrons. The third kappa shape index (κ3) is 4.84. The summed E-state index contributed by atoms with van der Waals surface area (Å²) in [5.41, 5.74) is 0.993. The highest BCUT2D eigenvalue weighted by Gasteiger charge is 2.29. The lowest BCUT2D eigenvalue weighted by Crippen LogP contribution is -2.44. The van der Waals surface area contributed by atoms with Crippen LogP contribution in [0.2, 0.25) is 5.02 Å². The number of benzene rings is 2. The van der Waals surface area contributed by atoms with Gasteiger partial charge in [-0.1, -0.05) is 11.6 Å². The van der Waals surface area contributed by atoms with Gasteiger partial charge >= 0.3 is 0 Å². The average Bonchev–Trinajstić information content (AvgIpc) is 3.72. The molecule has 2 aromatic carbocycles. The number of rotatable bonds is 5. The highest BCUT2D eigenvalue weighted by Crippen LogP contribution is 2.37. The van der Waals surface area contributed by atoms with Gasteiger partial charge in [0, 0.05) is 35.3 Å². The fraction of sp³-hybridized carbons (Fsp3) is 0.333. The molecule has 36 heavy (non-hydrogen) atoms. The van der Waals surface area contributed by atoms with Gasteiger partial charge < -0.3 is 15.2 Å². The molecule has 5 rings (SSSR count). The van der Waals surface area contributed by atoms with Crippen molar-refractivity contribution in [2.75, 3.05) is 0 Å². The number of aromatic nitrogens is 1. The first-order chi connectivity index (χ1) is 17.3. The van der Waals surface area contributed by atoms with Crippen LogP contribution in [-0.4, -0.2) is 28.5 Å². The minimum absolute atomic E-state index is 0.00707. The lowest BCUT2D eigenvalue weighted by molar-refractivity contribution is 0.0891. The summed E-state index contributed by atoms with van der Waals surface area (Å²) in [4.78, 5) is 38.7. The standard InChI is InChI=1S/C27H24ClFN4O3/c28-22-12-24-20(11-23(22)29)25(34)21(14-33(24)19-9-10-19)27(36)32-18-7-5-17(6-8-18)31-26(35)16-3-1-15(13-30)2-4-16/h1-4,11-12,14,17-19H,5-10H2,(H,31,35)(H,32,36)/t17-,18-. The third-order valence-corrected chi connectivity index (χ3v) is 7.22. The maximum atomic E-state index is 14.1. The van der Waals surface area contributed by atoms with Crippen LogP contribution in [0.25, 0.3) is 10.9 Å². The van der Waals surface area contributed by atoms with Crippen LogP contribution in [0.4, 0.5) is 4.39 Å².